The molecule has 5 nitrogen and oxygen atoms in total. The number of aryl methyl sites for hydroxylation is 1. The van der Waals surface area contributed by atoms with Crippen molar-refractivity contribution < 1.29 is 9.53 Å². The summed E-state index contributed by atoms with van der Waals surface area (Å²) in [5, 5.41) is 12.7. The summed E-state index contributed by atoms with van der Waals surface area (Å²) in [6.45, 7) is 9.85. The highest BCUT2D eigenvalue weighted by Crippen LogP contribution is 2.28. The second-order valence-electron chi connectivity index (χ2n) is 7.01. The topological polar surface area (TPSA) is 65.4 Å². The van der Waals surface area contributed by atoms with E-state index in [0.717, 1.165) is 11.3 Å². The summed E-state index contributed by atoms with van der Waals surface area (Å²) in [4.78, 5) is 14.0. The van der Waals surface area contributed by atoms with Gasteiger partial charge in [-0.15, -0.1) is 0 Å². The van der Waals surface area contributed by atoms with E-state index in [-0.39, 0.29) is 0 Å². The maximum absolute atomic E-state index is 12.5. The molecule has 1 amide bonds. The van der Waals surface area contributed by atoms with Gasteiger partial charge in [-0.25, -0.2) is 4.79 Å². The minimum absolute atomic E-state index is 0.411. The lowest BCUT2D eigenvalue weighted by Gasteiger charge is -2.27. The molecule has 0 aromatic heterocycles. The summed E-state index contributed by atoms with van der Waals surface area (Å²) in [7, 11) is 0. The number of nitrogens with zero attached hydrogens (tertiary/aromatic N) is 2. The van der Waals surface area contributed by atoms with Crippen LogP contribution in [-0.4, -0.2) is 18.2 Å². The Labute approximate surface area is 155 Å². The molecule has 1 N–H and O–H groups in total. The number of anilines is 3. The van der Waals surface area contributed by atoms with Gasteiger partial charge in [0.15, 0.2) is 0 Å². The summed E-state index contributed by atoms with van der Waals surface area (Å²) >= 11 is 0. The van der Waals surface area contributed by atoms with Crippen molar-refractivity contribution >= 4 is 23.2 Å². The molecule has 0 saturated carbocycles. The van der Waals surface area contributed by atoms with Crippen molar-refractivity contribution in [1.82, 2.24) is 0 Å². The van der Waals surface area contributed by atoms with Gasteiger partial charge in [-0.1, -0.05) is 18.2 Å². The largest absolute Gasteiger partial charge is 0.443 e. The molecule has 0 saturated heterocycles. The number of nitriles is 1. The van der Waals surface area contributed by atoms with Crippen LogP contribution in [0.4, 0.5) is 21.9 Å². The molecule has 5 heteroatoms. The van der Waals surface area contributed by atoms with Gasteiger partial charge in [0, 0.05) is 17.9 Å². The number of carbonyl (C=O) groups excluding carboxylic acids is 1. The predicted octanol–water partition coefficient (Wildman–Crippen LogP) is 5.37. The zero-order valence-electron chi connectivity index (χ0n) is 16.0. The van der Waals surface area contributed by atoms with Gasteiger partial charge in [-0.3, -0.25) is 4.90 Å². The number of carbonyl (C=O) groups is 1. The Kier molecular flexibility index (Phi) is 5.89. The molecule has 0 heterocycles. The first-order valence-electron chi connectivity index (χ1n) is 8.62. The summed E-state index contributed by atoms with van der Waals surface area (Å²) in [5.41, 5.74) is 3.26. The van der Waals surface area contributed by atoms with Crippen molar-refractivity contribution in [2.75, 3.05) is 16.8 Å². The van der Waals surface area contributed by atoms with E-state index in [1.165, 1.54) is 0 Å². The highest BCUT2D eigenvalue weighted by molar-refractivity contribution is 5.89. The number of nitrogens with one attached hydrogen (secondary N) is 1. The molecule has 2 aromatic carbocycles. The van der Waals surface area contributed by atoms with Gasteiger partial charge >= 0.3 is 6.09 Å². The fourth-order valence-corrected chi connectivity index (χ4v) is 2.49. The van der Waals surface area contributed by atoms with Gasteiger partial charge < -0.3 is 10.1 Å². The van der Waals surface area contributed by atoms with Crippen molar-refractivity contribution in [3.05, 3.63) is 53.6 Å². The van der Waals surface area contributed by atoms with Gasteiger partial charge in [0.1, 0.15) is 11.7 Å². The van der Waals surface area contributed by atoms with Crippen molar-refractivity contribution in [3.8, 4) is 6.07 Å². The second kappa shape index (κ2) is 7.92. The van der Waals surface area contributed by atoms with Gasteiger partial charge in [0.05, 0.1) is 11.3 Å². The highest BCUT2D eigenvalue weighted by Gasteiger charge is 2.23. The molecule has 0 spiro atoms. The van der Waals surface area contributed by atoms with E-state index in [0.29, 0.717) is 23.5 Å². The molecule has 0 atom stereocenters. The lowest BCUT2D eigenvalue weighted by molar-refractivity contribution is 0.0582. The Hall–Kier alpha value is -3.00. The second-order valence-corrected chi connectivity index (χ2v) is 7.01. The molecule has 136 valence electrons. The van der Waals surface area contributed by atoms with Crippen molar-refractivity contribution in [3.63, 3.8) is 0 Å². The van der Waals surface area contributed by atoms with Crippen LogP contribution in [-0.2, 0) is 4.74 Å². The quantitative estimate of drug-likeness (QED) is 0.804. The molecule has 0 radical (unpaired) electrons. The Morgan fingerprint density at radius 3 is 2.46 bits per heavy atom. The number of amides is 1. The first-order valence-corrected chi connectivity index (χ1v) is 8.62. The van der Waals surface area contributed by atoms with Gasteiger partial charge in [-0.05, 0) is 64.4 Å². The van der Waals surface area contributed by atoms with Crippen LogP contribution in [0.5, 0.6) is 0 Å². The van der Waals surface area contributed by atoms with Crippen LogP contribution in [0.15, 0.2) is 42.5 Å². The van der Waals surface area contributed by atoms with E-state index in [9.17, 15) is 10.1 Å². The molecule has 0 aliphatic carbocycles. The third-order valence-electron chi connectivity index (χ3n) is 3.78. The average molecular weight is 351 g/mol. The Morgan fingerprint density at radius 1 is 1.19 bits per heavy atom. The molecule has 0 aliphatic heterocycles. The number of benzene rings is 2. The SMILES string of the molecule is CCN(C(=O)OC(C)(C)C)c1ccc(C#N)c(Nc2ccccc2C)c1. The smallest absolute Gasteiger partial charge is 0.414 e. The maximum Gasteiger partial charge on any atom is 0.414 e. The Balaban J connectivity index is 2.37. The molecule has 0 unspecified atom stereocenters. The highest BCUT2D eigenvalue weighted by atomic mass is 16.6. The minimum atomic E-state index is -0.570. The van der Waals surface area contributed by atoms with E-state index < -0.39 is 11.7 Å². The number of ether oxygens (including phenoxy) is 1. The van der Waals surface area contributed by atoms with Crippen LogP contribution in [0.2, 0.25) is 0 Å². The fourth-order valence-electron chi connectivity index (χ4n) is 2.49. The van der Waals surface area contributed by atoms with Crippen LogP contribution in [0.3, 0.4) is 0 Å². The number of hydrogen-bond acceptors (Lipinski definition) is 4. The van der Waals surface area contributed by atoms with Crippen LogP contribution in [0.1, 0.15) is 38.8 Å². The predicted molar refractivity (Wildman–Crippen MR) is 105 cm³/mol. The van der Waals surface area contributed by atoms with Crippen LogP contribution in [0, 0.1) is 18.3 Å². The molecule has 0 aliphatic rings. The summed E-state index contributed by atoms with van der Waals surface area (Å²) in [5.74, 6) is 0. The molecule has 0 bridgehead atoms. The number of rotatable bonds is 4. The monoisotopic (exact) mass is 351 g/mol. The van der Waals surface area contributed by atoms with Gasteiger partial charge in [0.25, 0.3) is 0 Å². The zero-order chi connectivity index (χ0) is 19.3. The molecular weight excluding hydrogens is 326 g/mol. The number of hydrogen-bond donors (Lipinski definition) is 1. The molecular formula is C21H25N3O2. The van der Waals surface area contributed by atoms with Crippen molar-refractivity contribution in [1.29, 1.82) is 5.26 Å². The molecule has 2 aromatic rings. The van der Waals surface area contributed by atoms with Crippen LogP contribution >= 0.6 is 0 Å². The lowest BCUT2D eigenvalue weighted by Crippen LogP contribution is -2.36. The van der Waals surface area contributed by atoms with E-state index in [1.807, 2.05) is 58.9 Å². The minimum Gasteiger partial charge on any atom is -0.443 e. The number of para-hydroxylation sites is 1. The first kappa shape index (κ1) is 19.3. The third-order valence-corrected chi connectivity index (χ3v) is 3.78. The maximum atomic E-state index is 12.5. The third kappa shape index (κ3) is 4.76. The van der Waals surface area contributed by atoms with Gasteiger partial charge in [0.2, 0.25) is 0 Å². The molecule has 26 heavy (non-hydrogen) atoms. The standard InChI is InChI=1S/C21H25N3O2/c1-6-24(20(25)26-21(3,4)5)17-12-11-16(14-22)19(13-17)23-18-10-8-7-9-15(18)2/h7-13,23H,6H2,1-5H3. The summed E-state index contributed by atoms with van der Waals surface area (Å²) in [6.07, 6.45) is -0.411. The normalized spacial score (nSPS) is 10.8. The lowest BCUT2D eigenvalue weighted by atomic mass is 10.1. The van der Waals surface area contributed by atoms with Crippen molar-refractivity contribution in [2.45, 2.75) is 40.2 Å². The van der Waals surface area contributed by atoms with Crippen molar-refractivity contribution in [2.24, 2.45) is 0 Å². The van der Waals surface area contributed by atoms with Gasteiger partial charge in [-0.2, -0.15) is 5.26 Å². The molecule has 0 fully saturated rings. The first-order chi connectivity index (χ1) is 12.2. The van der Waals surface area contributed by atoms with E-state index >= 15 is 0 Å². The average Bonchev–Trinajstić information content (AvgIpc) is 2.56. The molecule has 2 rings (SSSR count). The van der Waals surface area contributed by atoms with E-state index in [2.05, 4.69) is 11.4 Å². The van der Waals surface area contributed by atoms with E-state index in [4.69, 9.17) is 4.74 Å². The van der Waals surface area contributed by atoms with Crippen LogP contribution in [0.25, 0.3) is 0 Å². The summed E-state index contributed by atoms with van der Waals surface area (Å²) in [6, 6.07) is 15.3. The van der Waals surface area contributed by atoms with E-state index in [1.54, 1.807) is 23.1 Å². The fraction of sp³-hybridized carbons (Fsp3) is 0.333. The van der Waals surface area contributed by atoms with Crippen LogP contribution < -0.4 is 10.2 Å². The Bertz CT molecular complexity index is 832. The Morgan fingerprint density at radius 2 is 1.88 bits per heavy atom. The zero-order valence-corrected chi connectivity index (χ0v) is 16.0. The summed E-state index contributed by atoms with van der Waals surface area (Å²) < 4.78 is 5.48.